The number of aromatic nitrogens is 2. The van der Waals surface area contributed by atoms with Gasteiger partial charge in [-0.3, -0.25) is 9.89 Å². The summed E-state index contributed by atoms with van der Waals surface area (Å²) >= 11 is 0. The van der Waals surface area contributed by atoms with E-state index in [0.717, 1.165) is 25.0 Å². The molecule has 3 rings (SSSR count). The van der Waals surface area contributed by atoms with E-state index >= 15 is 0 Å². The molecule has 1 aromatic heterocycles. The molecule has 140 valence electrons. The third-order valence-electron chi connectivity index (χ3n) is 4.72. The molecule has 26 heavy (non-hydrogen) atoms. The summed E-state index contributed by atoms with van der Waals surface area (Å²) in [6, 6.07) is 4.97. The summed E-state index contributed by atoms with van der Waals surface area (Å²) < 4.78 is 27.7. The third kappa shape index (κ3) is 4.09. The minimum absolute atomic E-state index is 0.0702. The second-order valence-corrected chi connectivity index (χ2v) is 7.52. The molecule has 0 atom stereocenters. The average Bonchev–Trinajstić information content (AvgIpc) is 3.03. The number of likely N-dealkylation sites (tertiary alicyclic amines) is 1. The molecule has 0 spiro atoms. The summed E-state index contributed by atoms with van der Waals surface area (Å²) in [5.41, 5.74) is -0.671. The van der Waals surface area contributed by atoms with Crippen LogP contribution >= 0.6 is 0 Å². The van der Waals surface area contributed by atoms with Gasteiger partial charge in [0.1, 0.15) is 17.3 Å². The number of benzene rings is 1. The van der Waals surface area contributed by atoms with Gasteiger partial charge in [-0.1, -0.05) is 6.07 Å². The highest BCUT2D eigenvalue weighted by molar-refractivity contribution is 5.93. The minimum Gasteiger partial charge on any atom is -0.390 e. The van der Waals surface area contributed by atoms with E-state index in [1.807, 2.05) is 0 Å². The number of carbonyl (C=O) groups is 1. The van der Waals surface area contributed by atoms with E-state index in [2.05, 4.69) is 10.2 Å². The quantitative estimate of drug-likeness (QED) is 0.875. The first-order valence-electron chi connectivity index (χ1n) is 8.76. The molecular weight excluding hydrogens is 340 g/mol. The lowest BCUT2D eigenvalue weighted by Crippen LogP contribution is -2.40. The Morgan fingerprint density at radius 2 is 1.92 bits per heavy atom. The number of hydrogen-bond donors (Lipinski definition) is 2. The predicted octanol–water partition coefficient (Wildman–Crippen LogP) is 3.37. The van der Waals surface area contributed by atoms with Crippen LogP contribution in [0.5, 0.6) is 0 Å². The second-order valence-electron chi connectivity index (χ2n) is 7.52. The summed E-state index contributed by atoms with van der Waals surface area (Å²) in [5.74, 6) is -1.29. The Hall–Kier alpha value is -2.28. The molecule has 1 aliphatic heterocycles. The molecule has 0 bridgehead atoms. The number of H-pyrrole nitrogens is 1. The molecule has 1 saturated heterocycles. The molecule has 2 aromatic rings. The molecule has 0 radical (unpaired) electrons. The van der Waals surface area contributed by atoms with Gasteiger partial charge in [0, 0.05) is 13.1 Å². The Morgan fingerprint density at radius 1 is 1.31 bits per heavy atom. The van der Waals surface area contributed by atoms with E-state index in [9.17, 15) is 18.7 Å². The first kappa shape index (κ1) is 18.5. The number of nitrogens with one attached hydrogen (secondary N) is 1. The maximum atomic E-state index is 13.9. The van der Waals surface area contributed by atoms with E-state index in [4.69, 9.17) is 0 Å². The van der Waals surface area contributed by atoms with Gasteiger partial charge in [0.15, 0.2) is 0 Å². The van der Waals surface area contributed by atoms with Gasteiger partial charge in [0.05, 0.1) is 16.9 Å². The van der Waals surface area contributed by atoms with Gasteiger partial charge in [-0.25, -0.2) is 8.78 Å². The lowest BCUT2D eigenvalue weighted by Gasteiger charge is -2.34. The molecule has 1 aliphatic rings. The Balaban J connectivity index is 1.68. The molecule has 2 heterocycles. The van der Waals surface area contributed by atoms with Gasteiger partial charge in [0.25, 0.3) is 5.91 Å². The normalized spacial score (nSPS) is 16.1. The monoisotopic (exact) mass is 363 g/mol. The van der Waals surface area contributed by atoms with Crippen molar-refractivity contribution < 1.29 is 18.7 Å². The maximum absolute atomic E-state index is 13.9. The molecule has 1 aromatic carbocycles. The van der Waals surface area contributed by atoms with Gasteiger partial charge in [-0.15, -0.1) is 0 Å². The van der Waals surface area contributed by atoms with Gasteiger partial charge in [-0.2, -0.15) is 5.10 Å². The van der Waals surface area contributed by atoms with E-state index < -0.39 is 17.2 Å². The van der Waals surface area contributed by atoms with Crippen LogP contribution in [-0.4, -0.2) is 44.8 Å². The molecule has 0 unspecified atom stereocenters. The number of aromatic amines is 1. The zero-order chi connectivity index (χ0) is 18.9. The maximum Gasteiger partial charge on any atom is 0.271 e. The molecule has 0 aliphatic carbocycles. The fourth-order valence-electron chi connectivity index (χ4n) is 3.52. The highest BCUT2D eigenvalue weighted by Gasteiger charge is 2.28. The van der Waals surface area contributed by atoms with Crippen molar-refractivity contribution >= 4 is 5.91 Å². The number of piperidine rings is 1. The van der Waals surface area contributed by atoms with E-state index in [-0.39, 0.29) is 22.9 Å². The Morgan fingerprint density at radius 3 is 2.50 bits per heavy atom. The van der Waals surface area contributed by atoms with Crippen LogP contribution in [0, 0.1) is 17.6 Å². The Labute approximate surface area is 151 Å². The molecule has 1 amide bonds. The largest absolute Gasteiger partial charge is 0.390 e. The summed E-state index contributed by atoms with van der Waals surface area (Å²) in [6.45, 7) is 4.75. The van der Waals surface area contributed by atoms with Crippen LogP contribution in [0.3, 0.4) is 0 Å². The van der Waals surface area contributed by atoms with Crippen molar-refractivity contribution in [2.24, 2.45) is 5.92 Å². The number of carbonyl (C=O) groups excluding carboxylic acids is 1. The van der Waals surface area contributed by atoms with Gasteiger partial charge >= 0.3 is 0 Å². The zero-order valence-corrected chi connectivity index (χ0v) is 14.9. The smallest absolute Gasteiger partial charge is 0.271 e. The molecule has 5 nitrogen and oxygen atoms in total. The molecular formula is C19H23F2N3O2. The van der Waals surface area contributed by atoms with Crippen LogP contribution in [0.15, 0.2) is 24.3 Å². The van der Waals surface area contributed by atoms with Gasteiger partial charge in [-0.05, 0) is 57.2 Å². The van der Waals surface area contributed by atoms with Crippen LogP contribution in [0.2, 0.25) is 0 Å². The highest BCUT2D eigenvalue weighted by atomic mass is 19.1. The van der Waals surface area contributed by atoms with Crippen molar-refractivity contribution in [3.8, 4) is 11.3 Å². The van der Waals surface area contributed by atoms with Crippen molar-refractivity contribution in [2.45, 2.75) is 38.7 Å². The number of amides is 1. The van der Waals surface area contributed by atoms with Gasteiger partial charge in [0.2, 0.25) is 0 Å². The Kier molecular flexibility index (Phi) is 5.09. The molecule has 2 N–H and O–H groups in total. The number of nitrogens with zero attached hydrogens (tertiary/aromatic N) is 2. The number of hydrogen-bond acceptors (Lipinski definition) is 3. The van der Waals surface area contributed by atoms with Crippen LogP contribution in [-0.2, 0) is 0 Å². The summed E-state index contributed by atoms with van der Waals surface area (Å²) in [6.07, 6.45) is 2.34. The van der Waals surface area contributed by atoms with Crippen LogP contribution < -0.4 is 0 Å². The molecule has 7 heteroatoms. The topological polar surface area (TPSA) is 69.2 Å². The van der Waals surface area contributed by atoms with Crippen LogP contribution in [0.4, 0.5) is 8.78 Å². The van der Waals surface area contributed by atoms with Crippen molar-refractivity contribution in [3.05, 3.63) is 41.6 Å². The number of rotatable bonds is 4. The predicted molar refractivity (Wildman–Crippen MR) is 93.5 cm³/mol. The standard InChI is InChI=1S/C19H23F2N3O2/c1-19(2,26)11-12-6-8-24(9-7-12)18(25)16-10-15(22-23-16)17-13(20)4-3-5-14(17)21/h3-5,10,12,26H,6-9,11H2,1-2H3,(H,22,23). The highest BCUT2D eigenvalue weighted by Crippen LogP contribution is 2.28. The summed E-state index contributed by atoms with van der Waals surface area (Å²) in [4.78, 5) is 14.3. The SMILES string of the molecule is CC(C)(O)CC1CCN(C(=O)c2cc(-c3c(F)cccc3F)n[nH]2)CC1. The lowest BCUT2D eigenvalue weighted by atomic mass is 9.86. The first-order valence-corrected chi connectivity index (χ1v) is 8.76. The fourth-order valence-corrected chi connectivity index (χ4v) is 3.52. The molecule has 1 fully saturated rings. The van der Waals surface area contributed by atoms with Crippen LogP contribution in [0.1, 0.15) is 43.6 Å². The van der Waals surface area contributed by atoms with Crippen LogP contribution in [0.25, 0.3) is 11.3 Å². The summed E-state index contributed by atoms with van der Waals surface area (Å²) in [5, 5.41) is 16.4. The molecule has 0 saturated carbocycles. The lowest BCUT2D eigenvalue weighted by molar-refractivity contribution is 0.0357. The van der Waals surface area contributed by atoms with E-state index in [1.165, 1.54) is 12.1 Å². The van der Waals surface area contributed by atoms with Crippen molar-refractivity contribution in [3.63, 3.8) is 0 Å². The number of halogens is 2. The number of aliphatic hydroxyl groups is 1. The van der Waals surface area contributed by atoms with Gasteiger partial charge < -0.3 is 10.0 Å². The van der Waals surface area contributed by atoms with Crippen molar-refractivity contribution in [1.82, 2.24) is 15.1 Å². The zero-order valence-electron chi connectivity index (χ0n) is 14.9. The Bertz CT molecular complexity index is 770. The van der Waals surface area contributed by atoms with E-state index in [0.29, 0.717) is 25.4 Å². The van der Waals surface area contributed by atoms with Crippen molar-refractivity contribution in [1.29, 1.82) is 0 Å². The van der Waals surface area contributed by atoms with Crippen molar-refractivity contribution in [2.75, 3.05) is 13.1 Å². The third-order valence-corrected chi connectivity index (χ3v) is 4.72. The summed E-state index contributed by atoms with van der Waals surface area (Å²) in [7, 11) is 0. The minimum atomic E-state index is -0.720. The average molecular weight is 363 g/mol. The fraction of sp³-hybridized carbons (Fsp3) is 0.474. The first-order chi connectivity index (χ1) is 12.2. The van der Waals surface area contributed by atoms with E-state index in [1.54, 1.807) is 18.7 Å². The second kappa shape index (κ2) is 7.15.